The standard InChI is InChI=1S/C23H22F3N5O3/c24-23(25,26)17-4-6-18(7-5-17)31-12-15(10-28-22(33)34)9-19-20(31)13-30(29-19)11-14-2-1-3-16(8-14)21(27)32/h1-8,13,15,28H,9-12H2,(H2,27,32)(H,33,34). The van der Waals surface area contributed by atoms with Crippen LogP contribution in [0.25, 0.3) is 0 Å². The first-order valence-electron chi connectivity index (χ1n) is 10.5. The highest BCUT2D eigenvalue weighted by Crippen LogP contribution is 2.37. The second kappa shape index (κ2) is 9.08. The number of nitrogens with two attached hydrogens (primary N) is 1. The predicted molar refractivity (Wildman–Crippen MR) is 118 cm³/mol. The molecule has 0 bridgehead atoms. The third-order valence-electron chi connectivity index (χ3n) is 5.63. The molecule has 0 saturated heterocycles. The zero-order valence-corrected chi connectivity index (χ0v) is 17.9. The summed E-state index contributed by atoms with van der Waals surface area (Å²) in [5.74, 6) is -0.670. The van der Waals surface area contributed by atoms with Gasteiger partial charge >= 0.3 is 12.3 Å². The predicted octanol–water partition coefficient (Wildman–Crippen LogP) is 3.63. The quantitative estimate of drug-likeness (QED) is 0.506. The van der Waals surface area contributed by atoms with E-state index in [4.69, 9.17) is 10.8 Å². The molecule has 3 aromatic rings. The minimum atomic E-state index is -4.44. The number of halogens is 3. The van der Waals surface area contributed by atoms with Gasteiger partial charge in [-0.25, -0.2) is 4.79 Å². The number of carbonyl (C=O) groups is 2. The first kappa shape index (κ1) is 23.1. The maximum Gasteiger partial charge on any atom is 0.416 e. The molecule has 2 heterocycles. The summed E-state index contributed by atoms with van der Waals surface area (Å²) in [5, 5.41) is 16.0. The number of alkyl halides is 3. The first-order chi connectivity index (χ1) is 16.1. The van der Waals surface area contributed by atoms with Crippen LogP contribution in [0.15, 0.2) is 54.7 Å². The van der Waals surface area contributed by atoms with Gasteiger partial charge in [0, 0.05) is 30.5 Å². The lowest BCUT2D eigenvalue weighted by molar-refractivity contribution is -0.137. The number of nitrogens with zero attached hydrogens (tertiary/aromatic N) is 3. The molecule has 0 radical (unpaired) electrons. The number of anilines is 2. The molecule has 0 fully saturated rings. The van der Waals surface area contributed by atoms with Gasteiger partial charge in [0.1, 0.15) is 0 Å². The Kier molecular flexibility index (Phi) is 6.18. The number of fused-ring (bicyclic) bond motifs is 1. The van der Waals surface area contributed by atoms with Crippen molar-refractivity contribution in [1.82, 2.24) is 15.1 Å². The Morgan fingerprint density at radius 3 is 2.56 bits per heavy atom. The van der Waals surface area contributed by atoms with Crippen LogP contribution >= 0.6 is 0 Å². The lowest BCUT2D eigenvalue weighted by Gasteiger charge is -2.33. The molecule has 1 unspecified atom stereocenters. The number of aromatic nitrogens is 2. The SMILES string of the molecule is NC(=O)c1cccc(Cn2cc3c(n2)CC(CNC(=O)O)CN3c2ccc(C(F)(F)F)cc2)c1. The van der Waals surface area contributed by atoms with E-state index in [9.17, 15) is 22.8 Å². The van der Waals surface area contributed by atoms with Gasteiger partial charge in [-0.15, -0.1) is 0 Å². The Bertz CT molecular complexity index is 1210. The van der Waals surface area contributed by atoms with E-state index in [1.165, 1.54) is 12.1 Å². The fourth-order valence-corrected chi connectivity index (χ4v) is 4.05. The normalized spacial score (nSPS) is 15.6. The minimum absolute atomic E-state index is 0.132. The molecule has 1 aliphatic rings. The fraction of sp³-hybridized carbons (Fsp3) is 0.261. The number of primary amides is 1. The van der Waals surface area contributed by atoms with E-state index in [0.29, 0.717) is 36.5 Å². The van der Waals surface area contributed by atoms with E-state index >= 15 is 0 Å². The Hall–Kier alpha value is -4.02. The summed E-state index contributed by atoms with van der Waals surface area (Å²) in [4.78, 5) is 24.3. The Morgan fingerprint density at radius 1 is 1.18 bits per heavy atom. The van der Waals surface area contributed by atoms with Crippen molar-refractivity contribution in [2.75, 3.05) is 18.0 Å². The molecule has 178 valence electrons. The second-order valence-electron chi connectivity index (χ2n) is 8.13. The molecule has 1 aliphatic heterocycles. The number of benzene rings is 2. The van der Waals surface area contributed by atoms with Crippen LogP contribution in [0.2, 0.25) is 0 Å². The van der Waals surface area contributed by atoms with E-state index < -0.39 is 23.7 Å². The third-order valence-corrected chi connectivity index (χ3v) is 5.63. The zero-order valence-electron chi connectivity index (χ0n) is 17.9. The van der Waals surface area contributed by atoms with Gasteiger partial charge in [-0.2, -0.15) is 18.3 Å². The van der Waals surface area contributed by atoms with Gasteiger partial charge in [0.25, 0.3) is 0 Å². The smallest absolute Gasteiger partial charge is 0.416 e. The molecule has 1 atom stereocenters. The highest BCUT2D eigenvalue weighted by Gasteiger charge is 2.32. The molecular weight excluding hydrogens is 451 g/mol. The molecule has 4 rings (SSSR count). The molecule has 4 N–H and O–H groups in total. The van der Waals surface area contributed by atoms with E-state index in [1.807, 2.05) is 11.0 Å². The van der Waals surface area contributed by atoms with Gasteiger partial charge in [0.15, 0.2) is 0 Å². The van der Waals surface area contributed by atoms with Crippen molar-refractivity contribution < 1.29 is 27.9 Å². The van der Waals surface area contributed by atoms with Crippen LogP contribution in [0, 0.1) is 5.92 Å². The van der Waals surface area contributed by atoms with Crippen molar-refractivity contribution >= 4 is 23.4 Å². The molecule has 8 nitrogen and oxygen atoms in total. The molecule has 34 heavy (non-hydrogen) atoms. The number of amides is 2. The van der Waals surface area contributed by atoms with E-state index in [0.717, 1.165) is 23.4 Å². The summed E-state index contributed by atoms with van der Waals surface area (Å²) >= 11 is 0. The van der Waals surface area contributed by atoms with Crippen LogP contribution < -0.4 is 16.0 Å². The second-order valence-corrected chi connectivity index (χ2v) is 8.13. The topological polar surface area (TPSA) is 113 Å². The number of carbonyl (C=O) groups excluding carboxylic acids is 1. The summed E-state index contributed by atoms with van der Waals surface area (Å²) < 4.78 is 40.7. The van der Waals surface area contributed by atoms with E-state index in [-0.39, 0.29) is 12.5 Å². The van der Waals surface area contributed by atoms with Crippen LogP contribution in [-0.4, -0.2) is 40.0 Å². The highest BCUT2D eigenvalue weighted by molar-refractivity contribution is 5.92. The molecule has 1 aromatic heterocycles. The number of rotatable bonds is 6. The molecular formula is C23H22F3N5O3. The molecule has 2 amide bonds. The number of nitrogens with one attached hydrogen (secondary N) is 1. The van der Waals surface area contributed by atoms with Gasteiger partial charge in [0.05, 0.1) is 23.5 Å². The molecule has 0 saturated carbocycles. The van der Waals surface area contributed by atoms with Crippen molar-refractivity contribution in [1.29, 1.82) is 0 Å². The Balaban J connectivity index is 1.64. The van der Waals surface area contributed by atoms with Gasteiger partial charge in [-0.3, -0.25) is 9.48 Å². The minimum Gasteiger partial charge on any atom is -0.465 e. The van der Waals surface area contributed by atoms with Crippen LogP contribution in [0.5, 0.6) is 0 Å². The summed E-state index contributed by atoms with van der Waals surface area (Å²) in [6.07, 6.45) is -3.29. The maximum absolute atomic E-state index is 13.0. The number of carboxylic acid groups (broad SMARTS) is 1. The van der Waals surface area contributed by atoms with Gasteiger partial charge in [-0.1, -0.05) is 12.1 Å². The van der Waals surface area contributed by atoms with Crippen molar-refractivity contribution in [2.24, 2.45) is 11.7 Å². The highest BCUT2D eigenvalue weighted by atomic mass is 19.4. The lowest BCUT2D eigenvalue weighted by Crippen LogP contribution is -2.38. The fourth-order valence-electron chi connectivity index (χ4n) is 4.05. The summed E-state index contributed by atoms with van der Waals surface area (Å²) in [7, 11) is 0. The summed E-state index contributed by atoms with van der Waals surface area (Å²) in [6.45, 7) is 0.938. The zero-order chi connectivity index (χ0) is 24.5. The number of hydrogen-bond donors (Lipinski definition) is 3. The van der Waals surface area contributed by atoms with E-state index in [2.05, 4.69) is 10.4 Å². The Labute approximate surface area is 192 Å². The number of hydrogen-bond acceptors (Lipinski definition) is 4. The third kappa shape index (κ3) is 5.13. The van der Waals surface area contributed by atoms with Crippen LogP contribution in [0.3, 0.4) is 0 Å². The first-order valence-corrected chi connectivity index (χ1v) is 10.5. The van der Waals surface area contributed by atoms with Gasteiger partial charge in [-0.05, 0) is 54.3 Å². The largest absolute Gasteiger partial charge is 0.465 e. The van der Waals surface area contributed by atoms with Crippen molar-refractivity contribution in [3.8, 4) is 0 Å². The summed E-state index contributed by atoms with van der Waals surface area (Å²) in [6, 6.07) is 11.7. The van der Waals surface area contributed by atoms with Crippen LogP contribution in [0.1, 0.15) is 27.2 Å². The molecule has 0 aliphatic carbocycles. The van der Waals surface area contributed by atoms with Crippen LogP contribution in [-0.2, 0) is 19.1 Å². The maximum atomic E-state index is 13.0. The molecule has 11 heteroatoms. The monoisotopic (exact) mass is 473 g/mol. The average molecular weight is 473 g/mol. The van der Waals surface area contributed by atoms with E-state index in [1.54, 1.807) is 29.1 Å². The molecule has 0 spiro atoms. The summed E-state index contributed by atoms with van der Waals surface area (Å²) in [5.41, 5.74) is 7.77. The Morgan fingerprint density at radius 2 is 1.91 bits per heavy atom. The van der Waals surface area contributed by atoms with Crippen molar-refractivity contribution in [3.05, 3.63) is 77.1 Å². The lowest BCUT2D eigenvalue weighted by atomic mass is 9.96. The van der Waals surface area contributed by atoms with Gasteiger partial charge in [0.2, 0.25) is 5.91 Å². The van der Waals surface area contributed by atoms with Crippen molar-refractivity contribution in [3.63, 3.8) is 0 Å². The average Bonchev–Trinajstić information content (AvgIpc) is 3.19. The molecule has 2 aromatic carbocycles. The van der Waals surface area contributed by atoms with Crippen LogP contribution in [0.4, 0.5) is 29.3 Å². The van der Waals surface area contributed by atoms with Gasteiger partial charge < -0.3 is 21.1 Å². The van der Waals surface area contributed by atoms with Crippen molar-refractivity contribution in [2.45, 2.75) is 19.1 Å².